The average Bonchev–Trinajstić information content (AvgIpc) is 2.86. The van der Waals surface area contributed by atoms with Crippen LogP contribution in [0.2, 0.25) is 0 Å². The molecular formula is C22H27N3O2S. The lowest BCUT2D eigenvalue weighted by Crippen LogP contribution is -2.21. The second-order valence-corrected chi connectivity index (χ2v) is 9.79. The number of para-hydroxylation sites is 1. The number of benzene rings is 2. The summed E-state index contributed by atoms with van der Waals surface area (Å²) in [5, 5.41) is 5.11. The molecule has 6 heteroatoms. The van der Waals surface area contributed by atoms with Crippen molar-refractivity contribution < 1.29 is 8.42 Å². The molecule has 0 saturated heterocycles. The van der Waals surface area contributed by atoms with Crippen molar-refractivity contribution in [2.45, 2.75) is 44.9 Å². The van der Waals surface area contributed by atoms with Crippen LogP contribution in [0.25, 0.3) is 10.9 Å². The fourth-order valence-corrected chi connectivity index (χ4v) is 4.34. The van der Waals surface area contributed by atoms with Crippen molar-refractivity contribution in [3.05, 3.63) is 64.8 Å². The number of hydrogen-bond acceptors (Lipinski definition) is 3. The Morgan fingerprint density at radius 2 is 1.75 bits per heavy atom. The zero-order valence-electron chi connectivity index (χ0n) is 17.2. The molecule has 148 valence electrons. The van der Waals surface area contributed by atoms with E-state index in [1.807, 2.05) is 50.4 Å². The lowest BCUT2D eigenvalue weighted by molar-refractivity contribution is 0.577. The minimum Gasteiger partial charge on any atom is -0.347 e. The molecule has 0 amide bonds. The Labute approximate surface area is 167 Å². The van der Waals surface area contributed by atoms with Gasteiger partial charge in [0.1, 0.15) is 0 Å². The van der Waals surface area contributed by atoms with Crippen molar-refractivity contribution in [3.63, 3.8) is 0 Å². The van der Waals surface area contributed by atoms with Crippen molar-refractivity contribution in [2.24, 2.45) is 12.1 Å². The number of aryl methyl sites for hydroxylation is 2. The Balaban J connectivity index is 1.94. The van der Waals surface area contributed by atoms with Crippen LogP contribution in [0.4, 0.5) is 0 Å². The third-order valence-electron chi connectivity index (χ3n) is 5.16. The van der Waals surface area contributed by atoms with E-state index in [1.165, 1.54) is 0 Å². The molecule has 0 atom stereocenters. The summed E-state index contributed by atoms with van der Waals surface area (Å²) >= 11 is 0. The largest absolute Gasteiger partial charge is 0.347 e. The van der Waals surface area contributed by atoms with Gasteiger partial charge in [0.05, 0.1) is 11.1 Å². The molecule has 28 heavy (non-hydrogen) atoms. The topological polar surface area (TPSA) is 63.5 Å². The predicted molar refractivity (Wildman–Crippen MR) is 115 cm³/mol. The summed E-state index contributed by atoms with van der Waals surface area (Å²) < 4.78 is 27.8. The molecule has 0 aliphatic carbocycles. The van der Waals surface area contributed by atoms with Gasteiger partial charge in [0, 0.05) is 29.2 Å². The van der Waals surface area contributed by atoms with Crippen LogP contribution in [0.3, 0.4) is 0 Å². The molecule has 2 aromatic carbocycles. The first-order valence-corrected chi connectivity index (χ1v) is 10.7. The van der Waals surface area contributed by atoms with Gasteiger partial charge in [0.2, 0.25) is 0 Å². The molecule has 0 spiro atoms. The number of hydrogen-bond donors (Lipinski definition) is 1. The molecule has 1 heterocycles. The van der Waals surface area contributed by atoms with Crippen LogP contribution >= 0.6 is 0 Å². The summed E-state index contributed by atoms with van der Waals surface area (Å²) in [5.74, 6) is 0. The number of fused-ring (bicyclic) bond motifs is 1. The highest BCUT2D eigenvalue weighted by Gasteiger charge is 2.21. The van der Waals surface area contributed by atoms with Crippen molar-refractivity contribution in [1.82, 2.24) is 9.40 Å². The number of sulfonamides is 1. The minimum atomic E-state index is -3.76. The second-order valence-electron chi connectivity index (χ2n) is 8.16. The Bertz CT molecular complexity index is 1170. The van der Waals surface area contributed by atoms with E-state index in [0.717, 1.165) is 27.7 Å². The van der Waals surface area contributed by atoms with Gasteiger partial charge in [0.15, 0.2) is 0 Å². The van der Waals surface area contributed by atoms with Crippen LogP contribution in [0.15, 0.2) is 52.5 Å². The van der Waals surface area contributed by atoms with Crippen LogP contribution in [-0.2, 0) is 22.5 Å². The van der Waals surface area contributed by atoms with E-state index < -0.39 is 10.0 Å². The van der Waals surface area contributed by atoms with Gasteiger partial charge in [-0.15, -0.1) is 0 Å². The molecule has 0 unspecified atom stereocenters. The van der Waals surface area contributed by atoms with Crippen molar-refractivity contribution in [3.8, 4) is 0 Å². The maximum absolute atomic E-state index is 12.8. The molecule has 0 fully saturated rings. The second kappa shape index (κ2) is 7.09. The fraction of sp³-hybridized carbons (Fsp3) is 0.318. The number of hydrazone groups is 1. The van der Waals surface area contributed by atoms with E-state index in [-0.39, 0.29) is 10.3 Å². The van der Waals surface area contributed by atoms with Gasteiger partial charge in [-0.05, 0) is 42.5 Å². The lowest BCUT2D eigenvalue weighted by atomic mass is 9.87. The fourth-order valence-electron chi connectivity index (χ4n) is 3.28. The van der Waals surface area contributed by atoms with Gasteiger partial charge in [-0.1, -0.05) is 51.1 Å². The molecule has 1 aromatic heterocycles. The first kappa shape index (κ1) is 20.1. The van der Waals surface area contributed by atoms with E-state index in [4.69, 9.17) is 0 Å². The minimum absolute atomic E-state index is 0.138. The third-order valence-corrected chi connectivity index (χ3v) is 6.52. The molecule has 0 saturated carbocycles. The van der Waals surface area contributed by atoms with E-state index >= 15 is 0 Å². The van der Waals surface area contributed by atoms with E-state index in [9.17, 15) is 8.42 Å². The summed E-state index contributed by atoms with van der Waals surface area (Å²) in [6.45, 7) is 9.96. The third kappa shape index (κ3) is 3.69. The summed E-state index contributed by atoms with van der Waals surface area (Å²) in [6, 6.07) is 13.5. The Kier molecular flexibility index (Phi) is 5.10. The van der Waals surface area contributed by atoms with Gasteiger partial charge < -0.3 is 4.57 Å². The average molecular weight is 398 g/mol. The molecule has 0 bridgehead atoms. The van der Waals surface area contributed by atoms with E-state index in [2.05, 4.69) is 35.3 Å². The molecule has 5 nitrogen and oxygen atoms in total. The van der Waals surface area contributed by atoms with Gasteiger partial charge >= 0.3 is 0 Å². The number of nitrogens with zero attached hydrogens (tertiary/aromatic N) is 2. The highest BCUT2D eigenvalue weighted by molar-refractivity contribution is 7.89. The Morgan fingerprint density at radius 3 is 2.43 bits per heavy atom. The van der Waals surface area contributed by atoms with Crippen molar-refractivity contribution in [2.75, 3.05) is 0 Å². The molecule has 0 aliphatic rings. The van der Waals surface area contributed by atoms with E-state index in [1.54, 1.807) is 19.2 Å². The highest BCUT2D eigenvalue weighted by Crippen LogP contribution is 2.27. The lowest BCUT2D eigenvalue weighted by Gasteiger charge is -2.20. The number of rotatable bonds is 4. The Morgan fingerprint density at radius 1 is 1.07 bits per heavy atom. The normalized spacial score (nSPS) is 12.8. The molecule has 1 N–H and O–H groups in total. The molecular weight excluding hydrogens is 370 g/mol. The summed E-state index contributed by atoms with van der Waals surface area (Å²) in [7, 11) is -1.77. The summed E-state index contributed by atoms with van der Waals surface area (Å²) in [5.41, 5.74) is 4.53. The zero-order valence-corrected chi connectivity index (χ0v) is 18.1. The van der Waals surface area contributed by atoms with Gasteiger partial charge in [-0.25, -0.2) is 4.83 Å². The van der Waals surface area contributed by atoms with Crippen LogP contribution in [0, 0.1) is 13.8 Å². The molecule has 0 radical (unpaired) electrons. The summed E-state index contributed by atoms with van der Waals surface area (Å²) in [4.78, 5) is 2.63. The standard InChI is InChI=1S/C22H27N3O2S/c1-15-11-12-17(22(3,4)5)13-21(15)28(26,27)24-23-14-19-16(2)25(6)20-10-8-7-9-18(19)20/h7-14,24H,1-6H3/b23-14+. The molecule has 3 rings (SSSR count). The molecule has 0 aliphatic heterocycles. The highest BCUT2D eigenvalue weighted by atomic mass is 32.2. The molecule has 3 aromatic rings. The van der Waals surface area contributed by atoms with Crippen LogP contribution < -0.4 is 4.83 Å². The maximum atomic E-state index is 12.8. The van der Waals surface area contributed by atoms with Gasteiger partial charge in [-0.2, -0.15) is 13.5 Å². The van der Waals surface area contributed by atoms with Gasteiger partial charge in [-0.3, -0.25) is 0 Å². The van der Waals surface area contributed by atoms with Crippen LogP contribution in [0.5, 0.6) is 0 Å². The quantitative estimate of drug-likeness (QED) is 0.524. The monoisotopic (exact) mass is 397 g/mol. The van der Waals surface area contributed by atoms with Crippen molar-refractivity contribution >= 4 is 27.1 Å². The van der Waals surface area contributed by atoms with E-state index in [0.29, 0.717) is 5.56 Å². The number of nitrogens with one attached hydrogen (secondary N) is 1. The smallest absolute Gasteiger partial charge is 0.276 e. The zero-order chi connectivity index (χ0) is 20.7. The van der Waals surface area contributed by atoms with Crippen LogP contribution in [-0.4, -0.2) is 19.2 Å². The predicted octanol–water partition coefficient (Wildman–Crippen LogP) is 4.41. The van der Waals surface area contributed by atoms with Crippen LogP contribution in [0.1, 0.15) is 43.2 Å². The van der Waals surface area contributed by atoms with Gasteiger partial charge in [0.25, 0.3) is 10.0 Å². The summed E-state index contributed by atoms with van der Waals surface area (Å²) in [6.07, 6.45) is 1.58. The first-order valence-electron chi connectivity index (χ1n) is 9.22. The SMILES string of the molecule is Cc1ccc(C(C)(C)C)cc1S(=O)(=O)N/N=C/c1c(C)n(C)c2ccccc12. The Hall–Kier alpha value is -2.60. The maximum Gasteiger partial charge on any atom is 0.276 e. The number of aromatic nitrogens is 1. The first-order chi connectivity index (χ1) is 13.0. The van der Waals surface area contributed by atoms with Crippen molar-refractivity contribution in [1.29, 1.82) is 0 Å².